The molecule has 1 heterocycles. The van der Waals surface area contributed by atoms with Crippen molar-refractivity contribution in [1.29, 1.82) is 0 Å². The van der Waals surface area contributed by atoms with Crippen LogP contribution in [0.25, 0.3) is 0 Å². The van der Waals surface area contributed by atoms with Gasteiger partial charge in [-0.05, 0) is 27.8 Å². The van der Waals surface area contributed by atoms with Crippen LogP contribution < -0.4 is 11.1 Å². The molecule has 5 nitrogen and oxygen atoms in total. The summed E-state index contributed by atoms with van der Waals surface area (Å²) in [4.78, 5) is 13.3. The molecule has 1 amide bonds. The summed E-state index contributed by atoms with van der Waals surface area (Å²) in [5.74, 6) is 0. The fourth-order valence-electron chi connectivity index (χ4n) is 1.61. The normalized spacial score (nSPS) is 21.8. The minimum absolute atomic E-state index is 0.0116. The van der Waals surface area contributed by atoms with Gasteiger partial charge < -0.3 is 20.7 Å². The van der Waals surface area contributed by atoms with Crippen molar-refractivity contribution >= 4 is 6.09 Å². The van der Waals surface area contributed by atoms with Crippen molar-refractivity contribution in [2.45, 2.75) is 66.2 Å². The van der Waals surface area contributed by atoms with Gasteiger partial charge in [-0.3, -0.25) is 0 Å². The molecule has 2 unspecified atom stereocenters. The molecule has 19 heavy (non-hydrogen) atoms. The van der Waals surface area contributed by atoms with E-state index in [4.69, 9.17) is 10.5 Å². The number of amides is 1. The highest BCUT2D eigenvalue weighted by atomic mass is 16.6. The van der Waals surface area contributed by atoms with Gasteiger partial charge in [0, 0.05) is 25.2 Å². The van der Waals surface area contributed by atoms with Crippen molar-refractivity contribution in [2.24, 2.45) is 5.73 Å². The Morgan fingerprint density at radius 1 is 1.21 bits per heavy atom. The Labute approximate surface area is 118 Å². The standard InChI is InChI=1S/C10H21N3O2.2C2H6/c1-10(2,3)15-9(14)13-5-7(11)8(6-13)12-4;2*1-2/h7-8,12H,5-6,11H2,1-4H3;2*1-2H3. The summed E-state index contributed by atoms with van der Waals surface area (Å²) in [7, 11) is 1.85. The van der Waals surface area contributed by atoms with Crippen LogP contribution in [0.3, 0.4) is 0 Å². The third-order valence-electron chi connectivity index (χ3n) is 2.39. The second-order valence-corrected chi connectivity index (χ2v) is 4.94. The highest BCUT2D eigenvalue weighted by molar-refractivity contribution is 5.68. The molecule has 1 saturated heterocycles. The van der Waals surface area contributed by atoms with Crippen molar-refractivity contribution in [3.05, 3.63) is 0 Å². The largest absolute Gasteiger partial charge is 0.444 e. The zero-order valence-electron chi connectivity index (χ0n) is 13.9. The van der Waals surface area contributed by atoms with Crippen LogP contribution in [0.5, 0.6) is 0 Å². The zero-order valence-corrected chi connectivity index (χ0v) is 13.9. The minimum atomic E-state index is -0.446. The van der Waals surface area contributed by atoms with Gasteiger partial charge in [-0.15, -0.1) is 0 Å². The lowest BCUT2D eigenvalue weighted by Crippen LogP contribution is -2.41. The van der Waals surface area contributed by atoms with Crippen LogP contribution in [0, 0.1) is 0 Å². The van der Waals surface area contributed by atoms with Gasteiger partial charge in [0.2, 0.25) is 0 Å². The van der Waals surface area contributed by atoms with Crippen molar-refractivity contribution in [3.8, 4) is 0 Å². The third kappa shape index (κ3) is 8.06. The van der Waals surface area contributed by atoms with Crippen LogP contribution in [0.4, 0.5) is 4.79 Å². The minimum Gasteiger partial charge on any atom is -0.444 e. The lowest BCUT2D eigenvalue weighted by atomic mass is 10.2. The van der Waals surface area contributed by atoms with E-state index < -0.39 is 5.60 Å². The molecule has 116 valence electrons. The van der Waals surface area contributed by atoms with Crippen LogP contribution in [0.1, 0.15) is 48.5 Å². The molecule has 2 atom stereocenters. The molecule has 0 bridgehead atoms. The molecule has 1 aliphatic heterocycles. The summed E-state index contributed by atoms with van der Waals surface area (Å²) in [5, 5.41) is 3.09. The average molecular weight is 275 g/mol. The maximum absolute atomic E-state index is 11.7. The van der Waals surface area contributed by atoms with E-state index >= 15 is 0 Å². The first-order chi connectivity index (χ1) is 8.83. The van der Waals surface area contributed by atoms with Crippen LogP contribution in [0.2, 0.25) is 0 Å². The van der Waals surface area contributed by atoms with Crippen LogP contribution in [-0.4, -0.2) is 48.8 Å². The maximum Gasteiger partial charge on any atom is 0.410 e. The van der Waals surface area contributed by atoms with Crippen molar-refractivity contribution in [1.82, 2.24) is 10.2 Å². The highest BCUT2D eigenvalue weighted by Gasteiger charge is 2.34. The van der Waals surface area contributed by atoms with Gasteiger partial charge in [0.05, 0.1) is 0 Å². The zero-order chi connectivity index (χ0) is 15.6. The van der Waals surface area contributed by atoms with Gasteiger partial charge in [-0.1, -0.05) is 27.7 Å². The second-order valence-electron chi connectivity index (χ2n) is 4.94. The Balaban J connectivity index is 0. The molecule has 1 aliphatic rings. The average Bonchev–Trinajstić information content (AvgIpc) is 2.74. The van der Waals surface area contributed by atoms with E-state index in [0.29, 0.717) is 13.1 Å². The summed E-state index contributed by atoms with van der Waals surface area (Å²) in [6, 6.07) is 0.153. The highest BCUT2D eigenvalue weighted by Crippen LogP contribution is 2.14. The van der Waals surface area contributed by atoms with Gasteiger partial charge in [0.1, 0.15) is 5.60 Å². The Hall–Kier alpha value is -0.810. The number of likely N-dealkylation sites (N-methyl/N-ethyl adjacent to an activating group) is 1. The number of hydrogen-bond acceptors (Lipinski definition) is 4. The molecule has 0 aliphatic carbocycles. The van der Waals surface area contributed by atoms with Crippen LogP contribution in [0.15, 0.2) is 0 Å². The summed E-state index contributed by atoms with van der Waals surface area (Å²) in [6.07, 6.45) is -0.282. The first-order valence-electron chi connectivity index (χ1n) is 7.24. The fourth-order valence-corrected chi connectivity index (χ4v) is 1.61. The van der Waals surface area contributed by atoms with Crippen molar-refractivity contribution < 1.29 is 9.53 Å². The monoisotopic (exact) mass is 275 g/mol. The van der Waals surface area contributed by atoms with Gasteiger partial charge in [-0.25, -0.2) is 4.79 Å². The topological polar surface area (TPSA) is 67.6 Å². The molecular formula is C14H33N3O2. The molecule has 1 fully saturated rings. The maximum atomic E-state index is 11.7. The summed E-state index contributed by atoms with van der Waals surface area (Å²) in [6.45, 7) is 14.7. The first kappa shape index (κ1) is 20.5. The molecule has 1 rings (SSSR count). The second kappa shape index (κ2) is 10.0. The first-order valence-corrected chi connectivity index (χ1v) is 7.24. The predicted molar refractivity (Wildman–Crippen MR) is 81.3 cm³/mol. The number of carbonyl (C=O) groups is 1. The molecular weight excluding hydrogens is 242 g/mol. The van der Waals surface area contributed by atoms with E-state index in [1.165, 1.54) is 0 Å². The molecule has 0 aromatic rings. The van der Waals surface area contributed by atoms with Gasteiger partial charge in [0.25, 0.3) is 0 Å². The lowest BCUT2D eigenvalue weighted by Gasteiger charge is -2.24. The Morgan fingerprint density at radius 2 is 1.68 bits per heavy atom. The van der Waals surface area contributed by atoms with Crippen molar-refractivity contribution in [3.63, 3.8) is 0 Å². The van der Waals surface area contributed by atoms with Crippen LogP contribution in [-0.2, 0) is 4.74 Å². The molecule has 5 heteroatoms. The van der Waals surface area contributed by atoms with Gasteiger partial charge >= 0.3 is 6.09 Å². The van der Waals surface area contributed by atoms with E-state index in [2.05, 4.69) is 5.32 Å². The fraction of sp³-hybridized carbons (Fsp3) is 0.929. The molecule has 0 aromatic carbocycles. The summed E-state index contributed by atoms with van der Waals surface area (Å²) >= 11 is 0. The number of nitrogens with two attached hydrogens (primary N) is 1. The number of nitrogens with one attached hydrogen (secondary N) is 1. The summed E-state index contributed by atoms with van der Waals surface area (Å²) < 4.78 is 5.27. The number of carbonyl (C=O) groups excluding carboxylic acids is 1. The van der Waals surface area contributed by atoms with Gasteiger partial charge in [-0.2, -0.15) is 0 Å². The van der Waals surface area contributed by atoms with Crippen molar-refractivity contribution in [2.75, 3.05) is 20.1 Å². The molecule has 3 N–H and O–H groups in total. The van der Waals surface area contributed by atoms with E-state index in [1.807, 2.05) is 55.5 Å². The number of rotatable bonds is 1. The van der Waals surface area contributed by atoms with E-state index in [-0.39, 0.29) is 18.2 Å². The van der Waals surface area contributed by atoms with E-state index in [1.54, 1.807) is 4.90 Å². The number of nitrogens with zero attached hydrogens (tertiary/aromatic N) is 1. The Kier molecular flexibility index (Phi) is 10.8. The number of hydrogen-bond donors (Lipinski definition) is 2. The number of ether oxygens (including phenoxy) is 1. The summed E-state index contributed by atoms with van der Waals surface area (Å²) in [5.41, 5.74) is 5.42. The Morgan fingerprint density at radius 3 is 2.00 bits per heavy atom. The molecule has 0 aromatic heterocycles. The molecule has 0 radical (unpaired) electrons. The smallest absolute Gasteiger partial charge is 0.410 e. The van der Waals surface area contributed by atoms with E-state index in [9.17, 15) is 4.79 Å². The van der Waals surface area contributed by atoms with Crippen LogP contribution >= 0.6 is 0 Å². The third-order valence-corrected chi connectivity index (χ3v) is 2.39. The predicted octanol–water partition coefficient (Wildman–Crippen LogP) is 2.20. The molecule has 0 spiro atoms. The van der Waals surface area contributed by atoms with E-state index in [0.717, 1.165) is 0 Å². The number of likely N-dealkylation sites (tertiary alicyclic amines) is 1. The Bertz CT molecular complexity index is 239. The SMILES string of the molecule is CC.CC.CNC1CN(C(=O)OC(C)(C)C)CC1N. The van der Waals surface area contributed by atoms with Gasteiger partial charge in [0.15, 0.2) is 0 Å². The quantitative estimate of drug-likeness (QED) is 0.770. The lowest BCUT2D eigenvalue weighted by molar-refractivity contribution is 0.0289. The molecule has 0 saturated carbocycles.